The molecule has 0 aliphatic carbocycles. The predicted octanol–water partition coefficient (Wildman–Crippen LogP) is 2.53. The minimum Gasteiger partial charge on any atom is -0.493 e. The Morgan fingerprint density at radius 2 is 1.98 bits per heavy atom. The van der Waals surface area contributed by atoms with Gasteiger partial charge < -0.3 is 30.0 Å². The highest BCUT2D eigenvalue weighted by Crippen LogP contribution is 2.27. The molecule has 0 bridgehead atoms. The average Bonchev–Trinajstić information content (AvgIpc) is 2.94. The van der Waals surface area contributed by atoms with E-state index in [-0.39, 0.29) is 31.1 Å². The summed E-state index contributed by atoms with van der Waals surface area (Å²) in [6.07, 6.45) is 0.728. The molecule has 0 saturated carbocycles. The van der Waals surface area contributed by atoms with E-state index >= 15 is 0 Å². The van der Waals surface area contributed by atoms with Crippen LogP contribution in [0.4, 0.5) is 0 Å². The Kier molecular flexibility index (Phi) is 12.0. The third-order valence-corrected chi connectivity index (χ3v) is 6.00. The van der Waals surface area contributed by atoms with Crippen molar-refractivity contribution in [1.29, 1.82) is 5.26 Å². The fourth-order valence-electron chi connectivity index (χ4n) is 3.59. The maximum Gasteiger partial charge on any atom is 0.257 e. The van der Waals surface area contributed by atoms with Crippen LogP contribution in [0.5, 0.6) is 17.2 Å². The van der Waals surface area contributed by atoms with Crippen LogP contribution in [0.3, 0.4) is 0 Å². The molecule has 1 unspecified atom stereocenters. The summed E-state index contributed by atoms with van der Waals surface area (Å²) in [5.41, 5.74) is 4.26. The molecule has 40 heavy (non-hydrogen) atoms. The number of hydrazone groups is 1. The number of hydrogen-bond donors (Lipinski definition) is 4. The molecule has 1 heterocycles. The van der Waals surface area contributed by atoms with Crippen molar-refractivity contribution in [2.45, 2.75) is 45.3 Å². The Hall–Kier alpha value is -3.85. The van der Waals surface area contributed by atoms with Crippen LogP contribution >= 0.6 is 11.6 Å². The van der Waals surface area contributed by atoms with Gasteiger partial charge in [-0.2, -0.15) is 10.4 Å². The highest BCUT2D eigenvalue weighted by molar-refractivity contribution is 6.32. The van der Waals surface area contributed by atoms with E-state index in [2.05, 4.69) is 27.2 Å². The first-order chi connectivity index (χ1) is 19.2. The van der Waals surface area contributed by atoms with Crippen molar-refractivity contribution in [3.05, 3.63) is 52.5 Å². The molecule has 0 saturated heterocycles. The summed E-state index contributed by atoms with van der Waals surface area (Å²) in [5, 5.41) is 29.7. The summed E-state index contributed by atoms with van der Waals surface area (Å²) in [6.45, 7) is 4.92. The number of aliphatic hydroxyl groups is 1. The van der Waals surface area contributed by atoms with Gasteiger partial charge in [0.25, 0.3) is 5.91 Å². The zero-order valence-corrected chi connectivity index (χ0v) is 23.3. The SMILES string of the molecule is CC(C)NCC(O)COc1ccc(OCCCNC(=O)COc2ccc(C3=NNC(=O)CC3)cc2Cl)cc1C#N. The van der Waals surface area contributed by atoms with Gasteiger partial charge in [0.05, 0.1) is 22.9 Å². The number of halogens is 1. The number of aliphatic hydroxyl groups excluding tert-OH is 1. The van der Waals surface area contributed by atoms with Crippen LogP contribution in [0.25, 0.3) is 0 Å². The first kappa shape index (κ1) is 30.7. The number of benzene rings is 2. The third kappa shape index (κ3) is 10.0. The fraction of sp³-hybridized carbons (Fsp3) is 0.429. The number of nitriles is 1. The van der Waals surface area contributed by atoms with Crippen LogP contribution in [0.1, 0.15) is 44.2 Å². The van der Waals surface area contributed by atoms with Crippen LogP contribution in [0.15, 0.2) is 41.5 Å². The zero-order valence-electron chi connectivity index (χ0n) is 22.5. The molecule has 1 aliphatic heterocycles. The number of amides is 2. The summed E-state index contributed by atoms with van der Waals surface area (Å²) in [7, 11) is 0. The van der Waals surface area contributed by atoms with E-state index < -0.39 is 6.10 Å². The summed E-state index contributed by atoms with van der Waals surface area (Å²) in [4.78, 5) is 23.4. The van der Waals surface area contributed by atoms with Crippen molar-refractivity contribution >= 4 is 29.1 Å². The third-order valence-electron chi connectivity index (χ3n) is 5.70. The van der Waals surface area contributed by atoms with Crippen LogP contribution in [0, 0.1) is 11.3 Å². The number of carbonyl (C=O) groups is 2. The van der Waals surface area contributed by atoms with E-state index in [4.69, 9.17) is 25.8 Å². The Bertz CT molecular complexity index is 1250. The van der Waals surface area contributed by atoms with Gasteiger partial charge in [0.15, 0.2) is 6.61 Å². The van der Waals surface area contributed by atoms with Gasteiger partial charge in [0, 0.05) is 38.0 Å². The lowest BCUT2D eigenvalue weighted by atomic mass is 10.0. The first-order valence-electron chi connectivity index (χ1n) is 13.0. The maximum atomic E-state index is 12.2. The van der Waals surface area contributed by atoms with Crippen LogP contribution in [-0.2, 0) is 9.59 Å². The molecule has 0 radical (unpaired) electrons. The van der Waals surface area contributed by atoms with Gasteiger partial charge in [-0.3, -0.25) is 9.59 Å². The molecule has 4 N–H and O–H groups in total. The molecule has 2 aromatic carbocycles. The maximum absolute atomic E-state index is 12.2. The van der Waals surface area contributed by atoms with Crippen LogP contribution in [0.2, 0.25) is 5.02 Å². The van der Waals surface area contributed by atoms with Gasteiger partial charge in [-0.15, -0.1) is 0 Å². The van der Waals surface area contributed by atoms with Crippen molar-refractivity contribution in [2.75, 3.05) is 32.9 Å². The topological polar surface area (TPSA) is 154 Å². The van der Waals surface area contributed by atoms with Crippen molar-refractivity contribution in [3.8, 4) is 23.3 Å². The number of rotatable bonds is 15. The second-order valence-electron chi connectivity index (χ2n) is 9.38. The van der Waals surface area contributed by atoms with Crippen LogP contribution in [-0.4, -0.2) is 67.7 Å². The number of carbonyl (C=O) groups excluding carboxylic acids is 2. The second-order valence-corrected chi connectivity index (χ2v) is 9.78. The Labute approximate surface area is 238 Å². The van der Waals surface area contributed by atoms with Gasteiger partial charge in [0.1, 0.15) is 36.0 Å². The average molecular weight is 572 g/mol. The molecule has 2 amide bonds. The summed E-state index contributed by atoms with van der Waals surface area (Å²) in [5.74, 6) is 0.811. The van der Waals surface area contributed by atoms with Crippen molar-refractivity contribution in [3.63, 3.8) is 0 Å². The predicted molar refractivity (Wildman–Crippen MR) is 150 cm³/mol. The molecule has 0 aromatic heterocycles. The van der Waals surface area contributed by atoms with E-state index in [1.54, 1.807) is 36.4 Å². The lowest BCUT2D eigenvalue weighted by Crippen LogP contribution is -2.35. The molecule has 3 rings (SSSR count). The normalized spacial score (nSPS) is 13.6. The molecule has 1 atom stereocenters. The fourth-order valence-corrected chi connectivity index (χ4v) is 3.83. The molecule has 11 nitrogen and oxygen atoms in total. The van der Waals surface area contributed by atoms with Crippen molar-refractivity contribution in [1.82, 2.24) is 16.1 Å². The molecule has 214 valence electrons. The number of ether oxygens (including phenoxy) is 3. The zero-order chi connectivity index (χ0) is 28.9. The Morgan fingerprint density at radius 3 is 2.67 bits per heavy atom. The molecule has 0 fully saturated rings. The van der Waals surface area contributed by atoms with E-state index in [0.717, 1.165) is 11.3 Å². The van der Waals surface area contributed by atoms with Crippen LogP contribution < -0.4 is 30.3 Å². The highest BCUT2D eigenvalue weighted by atomic mass is 35.5. The number of hydrogen-bond acceptors (Lipinski definition) is 9. The number of nitrogens with zero attached hydrogens (tertiary/aromatic N) is 2. The monoisotopic (exact) mass is 571 g/mol. The first-order valence-corrected chi connectivity index (χ1v) is 13.4. The van der Waals surface area contributed by atoms with Gasteiger partial charge >= 0.3 is 0 Å². The van der Waals surface area contributed by atoms with Gasteiger partial charge in [-0.25, -0.2) is 5.43 Å². The summed E-state index contributed by atoms with van der Waals surface area (Å²) < 4.78 is 16.8. The summed E-state index contributed by atoms with van der Waals surface area (Å²) in [6, 6.07) is 12.3. The smallest absolute Gasteiger partial charge is 0.257 e. The molecule has 12 heteroatoms. The summed E-state index contributed by atoms with van der Waals surface area (Å²) >= 11 is 6.29. The molecule has 0 spiro atoms. The minimum atomic E-state index is -0.698. The standard InChI is InChI=1S/C28H34ClN5O6/c1-18(2)32-15-21(35)16-39-25-8-5-22(12-20(25)14-30)38-11-3-10-31-28(37)17-40-26-7-4-19(13-23(26)29)24-6-9-27(36)34-33-24/h4-5,7-8,12-13,18,21,32,35H,3,6,9-11,15-17H2,1-2H3,(H,31,37)(H,34,36). The molecule has 1 aliphatic rings. The number of nitrogens with one attached hydrogen (secondary N) is 3. The minimum absolute atomic E-state index is 0.0617. The van der Waals surface area contributed by atoms with E-state index in [0.29, 0.717) is 66.8 Å². The van der Waals surface area contributed by atoms with Crippen molar-refractivity contribution < 1.29 is 28.9 Å². The Balaban J connectivity index is 1.35. The van der Waals surface area contributed by atoms with Crippen molar-refractivity contribution in [2.24, 2.45) is 5.10 Å². The molecular weight excluding hydrogens is 538 g/mol. The highest BCUT2D eigenvalue weighted by Gasteiger charge is 2.15. The quantitative estimate of drug-likeness (QED) is 0.238. The van der Waals surface area contributed by atoms with Gasteiger partial charge in [-0.05, 0) is 42.3 Å². The largest absolute Gasteiger partial charge is 0.493 e. The van der Waals surface area contributed by atoms with E-state index in [1.165, 1.54) is 0 Å². The van der Waals surface area contributed by atoms with Gasteiger partial charge in [0.2, 0.25) is 5.91 Å². The van der Waals surface area contributed by atoms with E-state index in [1.807, 2.05) is 13.8 Å². The second kappa shape index (κ2) is 15.7. The molecular formula is C28H34ClN5O6. The Morgan fingerprint density at radius 1 is 1.18 bits per heavy atom. The lowest BCUT2D eigenvalue weighted by Gasteiger charge is -2.16. The lowest BCUT2D eigenvalue weighted by molar-refractivity contribution is -0.123. The van der Waals surface area contributed by atoms with E-state index in [9.17, 15) is 20.0 Å². The molecule has 2 aromatic rings. The van der Waals surface area contributed by atoms with Gasteiger partial charge in [-0.1, -0.05) is 25.4 Å².